The van der Waals surface area contributed by atoms with Gasteiger partial charge in [-0.25, -0.2) is 9.97 Å². The van der Waals surface area contributed by atoms with Crippen molar-refractivity contribution in [1.29, 1.82) is 0 Å². The second kappa shape index (κ2) is 4.86. The molecule has 0 saturated heterocycles. The van der Waals surface area contributed by atoms with Gasteiger partial charge in [0.15, 0.2) is 5.65 Å². The van der Waals surface area contributed by atoms with Crippen molar-refractivity contribution in [1.82, 2.24) is 9.97 Å². The average Bonchev–Trinajstić information content (AvgIpc) is 2.48. The van der Waals surface area contributed by atoms with E-state index in [0.29, 0.717) is 17.0 Å². The summed E-state index contributed by atoms with van der Waals surface area (Å²) in [4.78, 5) is 20.4. The summed E-state index contributed by atoms with van der Waals surface area (Å²) in [7, 11) is 0. The first-order valence-corrected chi connectivity index (χ1v) is 5.91. The molecule has 0 aliphatic rings. The van der Waals surface area contributed by atoms with Gasteiger partial charge in [0.25, 0.3) is 5.91 Å². The third kappa shape index (κ3) is 2.42. The van der Waals surface area contributed by atoms with Crippen molar-refractivity contribution in [2.75, 3.05) is 5.32 Å². The predicted molar refractivity (Wildman–Crippen MR) is 73.9 cm³/mol. The zero-order valence-corrected chi connectivity index (χ0v) is 10.1. The van der Waals surface area contributed by atoms with E-state index < -0.39 is 0 Å². The van der Waals surface area contributed by atoms with Crippen LogP contribution >= 0.6 is 0 Å². The molecule has 4 nitrogen and oxygen atoms in total. The van der Waals surface area contributed by atoms with Gasteiger partial charge in [0.2, 0.25) is 0 Å². The summed E-state index contributed by atoms with van der Waals surface area (Å²) in [6, 6.07) is 16.5. The molecule has 0 aliphatic carbocycles. The average molecular weight is 249 g/mol. The molecule has 0 bridgehead atoms. The summed E-state index contributed by atoms with van der Waals surface area (Å²) in [5.74, 6) is 0.323. The fourth-order valence-corrected chi connectivity index (χ4v) is 1.80. The molecule has 0 saturated carbocycles. The Morgan fingerprint density at radius 1 is 0.947 bits per heavy atom. The number of aromatic nitrogens is 2. The fourth-order valence-electron chi connectivity index (χ4n) is 1.80. The van der Waals surface area contributed by atoms with Crippen LogP contribution in [0.3, 0.4) is 0 Å². The van der Waals surface area contributed by atoms with E-state index in [1.807, 2.05) is 36.4 Å². The quantitative estimate of drug-likeness (QED) is 0.759. The lowest BCUT2D eigenvalue weighted by molar-refractivity contribution is 0.102. The maximum Gasteiger partial charge on any atom is 0.256 e. The molecular weight excluding hydrogens is 238 g/mol. The largest absolute Gasteiger partial charge is 0.306 e. The van der Waals surface area contributed by atoms with Crippen molar-refractivity contribution in [2.45, 2.75) is 0 Å². The Bertz CT molecular complexity index is 726. The van der Waals surface area contributed by atoms with Crippen molar-refractivity contribution in [3.63, 3.8) is 0 Å². The van der Waals surface area contributed by atoms with E-state index in [-0.39, 0.29) is 5.91 Å². The second-order valence-corrected chi connectivity index (χ2v) is 4.07. The van der Waals surface area contributed by atoms with Gasteiger partial charge < -0.3 is 5.32 Å². The van der Waals surface area contributed by atoms with Gasteiger partial charge in [0.05, 0.1) is 0 Å². The standard InChI is InChI=1S/C15H11N3O/c19-15(12-5-2-1-3-6-12)18-13-9-8-11-7-4-10-16-14(11)17-13/h1-10H,(H,16,17,18,19). The van der Waals surface area contributed by atoms with Crippen LogP contribution < -0.4 is 5.32 Å². The van der Waals surface area contributed by atoms with Gasteiger partial charge in [0, 0.05) is 17.1 Å². The highest BCUT2D eigenvalue weighted by molar-refractivity contribution is 6.04. The third-order valence-electron chi connectivity index (χ3n) is 2.74. The zero-order valence-electron chi connectivity index (χ0n) is 10.1. The van der Waals surface area contributed by atoms with Crippen molar-refractivity contribution < 1.29 is 4.79 Å². The Morgan fingerprint density at radius 3 is 2.63 bits per heavy atom. The van der Waals surface area contributed by atoms with Crippen LogP contribution in [-0.4, -0.2) is 15.9 Å². The molecule has 0 spiro atoms. The number of benzene rings is 1. The summed E-state index contributed by atoms with van der Waals surface area (Å²) < 4.78 is 0. The number of anilines is 1. The molecule has 1 amide bonds. The van der Waals surface area contributed by atoms with E-state index in [1.165, 1.54) is 0 Å². The lowest BCUT2D eigenvalue weighted by Crippen LogP contribution is -2.12. The van der Waals surface area contributed by atoms with Crippen molar-refractivity contribution in [3.05, 3.63) is 66.4 Å². The second-order valence-electron chi connectivity index (χ2n) is 4.07. The number of nitrogens with one attached hydrogen (secondary N) is 1. The van der Waals surface area contributed by atoms with Gasteiger partial charge in [-0.1, -0.05) is 18.2 Å². The Hall–Kier alpha value is -2.75. The van der Waals surface area contributed by atoms with Gasteiger partial charge in [-0.3, -0.25) is 4.79 Å². The number of carbonyl (C=O) groups excluding carboxylic acids is 1. The molecule has 3 rings (SSSR count). The number of hydrogen-bond acceptors (Lipinski definition) is 3. The molecule has 19 heavy (non-hydrogen) atoms. The van der Waals surface area contributed by atoms with E-state index in [0.717, 1.165) is 5.39 Å². The van der Waals surface area contributed by atoms with Crippen molar-refractivity contribution in [2.24, 2.45) is 0 Å². The van der Waals surface area contributed by atoms with Crippen LogP contribution in [0.4, 0.5) is 5.82 Å². The molecule has 92 valence electrons. The van der Waals surface area contributed by atoms with Crippen LogP contribution in [-0.2, 0) is 0 Å². The minimum absolute atomic E-state index is 0.177. The van der Waals surface area contributed by atoms with E-state index in [2.05, 4.69) is 15.3 Å². The maximum atomic E-state index is 12.0. The van der Waals surface area contributed by atoms with Gasteiger partial charge in [-0.15, -0.1) is 0 Å². The first kappa shape index (κ1) is 11.3. The van der Waals surface area contributed by atoms with Gasteiger partial charge in [-0.05, 0) is 36.4 Å². The zero-order chi connectivity index (χ0) is 13.1. The van der Waals surface area contributed by atoms with Crippen molar-refractivity contribution >= 4 is 22.8 Å². The highest BCUT2D eigenvalue weighted by Gasteiger charge is 2.06. The summed E-state index contributed by atoms with van der Waals surface area (Å²) in [5.41, 5.74) is 1.22. The number of nitrogens with zero attached hydrogens (tertiary/aromatic N) is 2. The summed E-state index contributed by atoms with van der Waals surface area (Å²) in [5, 5.41) is 3.70. The fraction of sp³-hybridized carbons (Fsp3) is 0. The van der Waals surface area contributed by atoms with Gasteiger partial charge in [0.1, 0.15) is 5.82 Å². The highest BCUT2D eigenvalue weighted by Crippen LogP contribution is 2.13. The summed E-state index contributed by atoms with van der Waals surface area (Å²) in [6.45, 7) is 0. The molecular formula is C15H11N3O. The number of amides is 1. The summed E-state index contributed by atoms with van der Waals surface area (Å²) in [6.07, 6.45) is 1.68. The number of hydrogen-bond donors (Lipinski definition) is 1. The number of pyridine rings is 2. The minimum atomic E-state index is -0.177. The number of carbonyl (C=O) groups is 1. The minimum Gasteiger partial charge on any atom is -0.306 e. The lowest BCUT2D eigenvalue weighted by atomic mass is 10.2. The van der Waals surface area contributed by atoms with E-state index in [4.69, 9.17) is 0 Å². The first-order chi connectivity index (χ1) is 9.33. The third-order valence-corrected chi connectivity index (χ3v) is 2.74. The molecule has 0 atom stereocenters. The summed E-state index contributed by atoms with van der Waals surface area (Å²) >= 11 is 0. The smallest absolute Gasteiger partial charge is 0.256 e. The van der Waals surface area contributed by atoms with Gasteiger partial charge >= 0.3 is 0 Å². The lowest BCUT2D eigenvalue weighted by Gasteiger charge is -2.05. The molecule has 1 N–H and O–H groups in total. The van der Waals surface area contributed by atoms with Crippen LogP contribution in [0.1, 0.15) is 10.4 Å². The van der Waals surface area contributed by atoms with Crippen LogP contribution in [0, 0.1) is 0 Å². The molecule has 3 aromatic rings. The maximum absolute atomic E-state index is 12.0. The monoisotopic (exact) mass is 249 g/mol. The van der Waals surface area contributed by atoms with Gasteiger partial charge in [-0.2, -0.15) is 0 Å². The van der Waals surface area contributed by atoms with E-state index >= 15 is 0 Å². The molecule has 0 aliphatic heterocycles. The van der Waals surface area contributed by atoms with E-state index in [1.54, 1.807) is 24.4 Å². The SMILES string of the molecule is O=C(Nc1ccc2cccnc2n1)c1ccccc1. The Balaban J connectivity index is 1.87. The predicted octanol–water partition coefficient (Wildman–Crippen LogP) is 2.88. The number of fused-ring (bicyclic) bond motifs is 1. The molecule has 0 fully saturated rings. The van der Waals surface area contributed by atoms with Crippen LogP contribution in [0.2, 0.25) is 0 Å². The Labute approximate surface area is 110 Å². The molecule has 4 heteroatoms. The molecule has 0 unspecified atom stereocenters. The molecule has 2 heterocycles. The van der Waals surface area contributed by atoms with Crippen LogP contribution in [0.5, 0.6) is 0 Å². The van der Waals surface area contributed by atoms with Crippen LogP contribution in [0.25, 0.3) is 11.0 Å². The Morgan fingerprint density at radius 2 is 1.79 bits per heavy atom. The van der Waals surface area contributed by atoms with Crippen molar-refractivity contribution in [3.8, 4) is 0 Å². The molecule has 0 radical (unpaired) electrons. The topological polar surface area (TPSA) is 54.9 Å². The normalized spacial score (nSPS) is 10.3. The van der Waals surface area contributed by atoms with Crippen LogP contribution in [0.15, 0.2) is 60.8 Å². The Kier molecular flexibility index (Phi) is 2.90. The highest BCUT2D eigenvalue weighted by atomic mass is 16.1. The number of rotatable bonds is 2. The molecule has 1 aromatic carbocycles. The first-order valence-electron chi connectivity index (χ1n) is 5.91. The van der Waals surface area contributed by atoms with E-state index in [9.17, 15) is 4.79 Å². The molecule has 2 aromatic heterocycles.